The maximum atomic E-state index is 12.3. The third-order valence-corrected chi connectivity index (χ3v) is 6.58. The van der Waals surface area contributed by atoms with E-state index in [9.17, 15) is 4.79 Å². The Balaban J connectivity index is 1.52. The first-order valence-corrected chi connectivity index (χ1v) is 10.5. The maximum absolute atomic E-state index is 12.3. The van der Waals surface area contributed by atoms with Gasteiger partial charge in [-0.05, 0) is 50.1 Å². The second kappa shape index (κ2) is 7.73. The maximum Gasteiger partial charge on any atom is 0.258 e. The first-order valence-electron chi connectivity index (χ1n) is 8.83. The standard InChI is InChI=1S/C20H19N5OS2/c1-11-7-6-10-15(12(11)2)22-19-24-25-20(28-19)27-13(3)17-21-16-9-5-4-8-14(16)18(26)23-17/h4-10,13H,1-3H3,(H,22,24)(H,21,23,26). The minimum atomic E-state index is -0.123. The summed E-state index contributed by atoms with van der Waals surface area (Å²) in [6, 6.07) is 13.5. The van der Waals surface area contributed by atoms with Crippen LogP contribution in [0.15, 0.2) is 51.6 Å². The minimum absolute atomic E-state index is 0.0567. The zero-order chi connectivity index (χ0) is 19.7. The van der Waals surface area contributed by atoms with Gasteiger partial charge in [0.2, 0.25) is 5.13 Å². The predicted octanol–water partition coefficient (Wildman–Crippen LogP) is 4.99. The number of nitrogens with one attached hydrogen (secondary N) is 2. The van der Waals surface area contributed by atoms with Crippen molar-refractivity contribution in [2.75, 3.05) is 5.32 Å². The Labute approximate surface area is 170 Å². The van der Waals surface area contributed by atoms with Crippen LogP contribution in [-0.2, 0) is 0 Å². The molecule has 142 valence electrons. The summed E-state index contributed by atoms with van der Waals surface area (Å²) < 4.78 is 0.816. The van der Waals surface area contributed by atoms with Gasteiger partial charge in [-0.25, -0.2) is 4.98 Å². The molecule has 1 atom stereocenters. The number of hydrogen-bond donors (Lipinski definition) is 2. The number of aromatic nitrogens is 4. The highest BCUT2D eigenvalue weighted by Gasteiger charge is 2.15. The average Bonchev–Trinajstić information content (AvgIpc) is 3.12. The Kier molecular flexibility index (Phi) is 5.15. The lowest BCUT2D eigenvalue weighted by Gasteiger charge is -2.09. The molecule has 2 aromatic heterocycles. The lowest BCUT2D eigenvalue weighted by atomic mass is 10.1. The smallest absolute Gasteiger partial charge is 0.258 e. The van der Waals surface area contributed by atoms with Gasteiger partial charge in [0.1, 0.15) is 5.82 Å². The molecule has 6 nitrogen and oxygen atoms in total. The second-order valence-electron chi connectivity index (χ2n) is 6.47. The molecule has 0 fully saturated rings. The monoisotopic (exact) mass is 409 g/mol. The minimum Gasteiger partial charge on any atom is -0.330 e. The van der Waals surface area contributed by atoms with E-state index in [4.69, 9.17) is 0 Å². The number of H-pyrrole nitrogens is 1. The van der Waals surface area contributed by atoms with Crippen LogP contribution < -0.4 is 10.9 Å². The molecule has 0 amide bonds. The second-order valence-corrected chi connectivity index (χ2v) is 9.04. The van der Waals surface area contributed by atoms with Gasteiger partial charge in [-0.15, -0.1) is 10.2 Å². The number of para-hydroxylation sites is 1. The van der Waals surface area contributed by atoms with Gasteiger partial charge in [0.25, 0.3) is 5.56 Å². The van der Waals surface area contributed by atoms with Gasteiger partial charge < -0.3 is 10.3 Å². The van der Waals surface area contributed by atoms with Crippen LogP contribution in [0.4, 0.5) is 10.8 Å². The first kappa shape index (κ1) is 18.6. The summed E-state index contributed by atoms with van der Waals surface area (Å²) in [4.78, 5) is 19.8. The van der Waals surface area contributed by atoms with Gasteiger partial charge >= 0.3 is 0 Å². The van der Waals surface area contributed by atoms with Crippen LogP contribution in [0.2, 0.25) is 0 Å². The number of nitrogens with zero attached hydrogens (tertiary/aromatic N) is 3. The fourth-order valence-electron chi connectivity index (χ4n) is 2.81. The molecule has 0 spiro atoms. The number of rotatable bonds is 5. The van der Waals surface area contributed by atoms with Crippen molar-refractivity contribution >= 4 is 44.8 Å². The SMILES string of the molecule is Cc1cccc(Nc2nnc(SC(C)c3nc4ccccc4c(=O)[nH]3)s2)c1C. The van der Waals surface area contributed by atoms with Crippen molar-refractivity contribution in [3.8, 4) is 0 Å². The van der Waals surface area contributed by atoms with Gasteiger partial charge in [0.05, 0.1) is 16.2 Å². The Morgan fingerprint density at radius 1 is 1.11 bits per heavy atom. The van der Waals surface area contributed by atoms with E-state index in [2.05, 4.69) is 45.4 Å². The molecule has 8 heteroatoms. The number of benzene rings is 2. The zero-order valence-corrected chi connectivity index (χ0v) is 17.3. The molecule has 28 heavy (non-hydrogen) atoms. The van der Waals surface area contributed by atoms with Crippen molar-refractivity contribution in [2.45, 2.75) is 30.4 Å². The molecule has 0 aliphatic rings. The quantitative estimate of drug-likeness (QED) is 0.452. The summed E-state index contributed by atoms with van der Waals surface area (Å²) >= 11 is 3.01. The van der Waals surface area contributed by atoms with Crippen LogP contribution in [0.1, 0.15) is 29.1 Å². The fourth-order valence-corrected chi connectivity index (χ4v) is 4.78. The fraction of sp³-hybridized carbons (Fsp3) is 0.200. The molecular formula is C20H19N5OS2. The van der Waals surface area contributed by atoms with Gasteiger partial charge in [-0.3, -0.25) is 4.79 Å². The average molecular weight is 410 g/mol. The highest BCUT2D eigenvalue weighted by Crippen LogP contribution is 2.37. The van der Waals surface area contributed by atoms with E-state index in [-0.39, 0.29) is 10.8 Å². The first-order chi connectivity index (χ1) is 13.5. The highest BCUT2D eigenvalue weighted by atomic mass is 32.2. The van der Waals surface area contributed by atoms with E-state index in [1.54, 1.807) is 6.07 Å². The van der Waals surface area contributed by atoms with Crippen LogP contribution in [-0.4, -0.2) is 20.2 Å². The Bertz CT molecular complexity index is 1200. The Hall–Kier alpha value is -2.71. The molecule has 0 radical (unpaired) electrons. The number of fused-ring (bicyclic) bond motifs is 1. The summed E-state index contributed by atoms with van der Waals surface area (Å²) in [5, 5.41) is 13.1. The van der Waals surface area contributed by atoms with E-state index >= 15 is 0 Å². The van der Waals surface area contributed by atoms with E-state index in [0.717, 1.165) is 15.2 Å². The molecule has 4 aromatic rings. The van der Waals surface area contributed by atoms with Gasteiger partial charge in [-0.2, -0.15) is 0 Å². The molecule has 0 bridgehead atoms. The molecule has 1 unspecified atom stereocenters. The summed E-state index contributed by atoms with van der Waals surface area (Å²) in [6.07, 6.45) is 0. The number of aryl methyl sites for hydroxylation is 1. The molecular weight excluding hydrogens is 390 g/mol. The van der Waals surface area contributed by atoms with E-state index in [1.165, 1.54) is 34.2 Å². The van der Waals surface area contributed by atoms with Crippen molar-refractivity contribution in [3.05, 3.63) is 69.8 Å². The topological polar surface area (TPSA) is 83.6 Å². The molecule has 0 saturated carbocycles. The van der Waals surface area contributed by atoms with Gasteiger partial charge in [-0.1, -0.05) is 47.4 Å². The molecule has 0 saturated heterocycles. The third-order valence-electron chi connectivity index (χ3n) is 4.55. The number of aromatic amines is 1. The van der Waals surface area contributed by atoms with Gasteiger partial charge in [0, 0.05) is 5.69 Å². The number of hydrogen-bond acceptors (Lipinski definition) is 7. The molecule has 0 aliphatic heterocycles. The largest absolute Gasteiger partial charge is 0.330 e. The zero-order valence-electron chi connectivity index (χ0n) is 15.7. The van der Waals surface area contributed by atoms with Crippen LogP contribution in [0.3, 0.4) is 0 Å². The van der Waals surface area contributed by atoms with E-state index in [1.807, 2.05) is 37.3 Å². The van der Waals surface area contributed by atoms with Crippen molar-refractivity contribution in [3.63, 3.8) is 0 Å². The predicted molar refractivity (Wildman–Crippen MR) is 116 cm³/mol. The van der Waals surface area contributed by atoms with Crippen molar-refractivity contribution in [2.24, 2.45) is 0 Å². The van der Waals surface area contributed by atoms with Gasteiger partial charge in [0.15, 0.2) is 4.34 Å². The van der Waals surface area contributed by atoms with Crippen LogP contribution in [0.25, 0.3) is 10.9 Å². The normalized spacial score (nSPS) is 12.2. The molecule has 0 aliphatic carbocycles. The third kappa shape index (κ3) is 3.79. The lowest BCUT2D eigenvalue weighted by molar-refractivity contribution is 0.916. The van der Waals surface area contributed by atoms with E-state index in [0.29, 0.717) is 16.7 Å². The highest BCUT2D eigenvalue weighted by molar-refractivity contribution is 8.01. The molecule has 4 rings (SSSR count). The van der Waals surface area contributed by atoms with Crippen molar-refractivity contribution < 1.29 is 0 Å². The van der Waals surface area contributed by atoms with Crippen LogP contribution in [0, 0.1) is 13.8 Å². The molecule has 2 heterocycles. The molecule has 2 N–H and O–H groups in total. The van der Waals surface area contributed by atoms with Crippen LogP contribution in [0.5, 0.6) is 0 Å². The van der Waals surface area contributed by atoms with Crippen molar-refractivity contribution in [1.29, 1.82) is 0 Å². The Morgan fingerprint density at radius 3 is 2.79 bits per heavy atom. The van der Waals surface area contributed by atoms with Crippen molar-refractivity contribution in [1.82, 2.24) is 20.2 Å². The van der Waals surface area contributed by atoms with Crippen LogP contribution >= 0.6 is 23.1 Å². The Morgan fingerprint density at radius 2 is 1.93 bits per heavy atom. The summed E-state index contributed by atoms with van der Waals surface area (Å²) in [7, 11) is 0. The number of thioether (sulfide) groups is 1. The lowest BCUT2D eigenvalue weighted by Crippen LogP contribution is -2.12. The summed E-state index contributed by atoms with van der Waals surface area (Å²) in [6.45, 7) is 6.16. The van der Waals surface area contributed by atoms with E-state index < -0.39 is 0 Å². The number of anilines is 2. The summed E-state index contributed by atoms with van der Waals surface area (Å²) in [5.74, 6) is 0.632. The molecule has 2 aromatic carbocycles. The summed E-state index contributed by atoms with van der Waals surface area (Å²) in [5.41, 5.74) is 4.02.